The van der Waals surface area contributed by atoms with Crippen molar-refractivity contribution in [2.24, 2.45) is 0 Å². The largest absolute Gasteiger partial charge is 0.153 e. The Balaban J connectivity index is 0. The zero-order valence-corrected chi connectivity index (χ0v) is 8.98. The predicted molar refractivity (Wildman–Crippen MR) is 16.9 cm³/mol. The van der Waals surface area contributed by atoms with Crippen molar-refractivity contribution >= 4 is 36.1 Å². The molecule has 0 N–H and O–H groups in total. The van der Waals surface area contributed by atoms with Gasteiger partial charge < -0.3 is 0 Å². The van der Waals surface area contributed by atoms with E-state index in [1.807, 2.05) is 0 Å². The van der Waals surface area contributed by atoms with Crippen LogP contribution in [0, 0.1) is 0 Å². The second kappa shape index (κ2) is 18.4. The molecule has 4 heavy (non-hydrogen) atoms. The Labute approximate surface area is 69.3 Å². The normalized spacial score (nSPS) is 0. The molecule has 0 saturated heterocycles. The summed E-state index contributed by atoms with van der Waals surface area (Å²) in [4.78, 5) is 0. The molecule has 0 rings (SSSR count). The van der Waals surface area contributed by atoms with Crippen LogP contribution in [0.15, 0.2) is 0 Å². The van der Waals surface area contributed by atoms with Crippen LogP contribution in [0.1, 0.15) is 0 Å². The second-order valence-corrected chi connectivity index (χ2v) is 0. The van der Waals surface area contributed by atoms with E-state index in [2.05, 4.69) is 0 Å². The fourth-order valence-corrected chi connectivity index (χ4v) is 0. The molecule has 0 aliphatic rings. The molecule has 0 aromatic carbocycles. The Morgan fingerprint density at radius 1 is 1.00 bits per heavy atom. The first-order valence-electron chi connectivity index (χ1n) is 0. The fraction of sp³-hybridized carbons (Fsp3) is 0. The summed E-state index contributed by atoms with van der Waals surface area (Å²) in [6, 6.07) is 0. The van der Waals surface area contributed by atoms with Gasteiger partial charge in [-0.15, -0.1) is 0 Å². The van der Waals surface area contributed by atoms with Crippen LogP contribution in [0.5, 0.6) is 0 Å². The van der Waals surface area contributed by atoms with Gasteiger partial charge >= 0.3 is 0 Å². The van der Waals surface area contributed by atoms with Gasteiger partial charge in [0.15, 0.2) is 0 Å². The zero-order chi connectivity index (χ0) is 0. The van der Waals surface area contributed by atoms with Crippen LogP contribution in [0.25, 0.3) is 0 Å². The summed E-state index contributed by atoms with van der Waals surface area (Å²) in [5.41, 5.74) is 0. The van der Waals surface area contributed by atoms with Gasteiger partial charge in [0.2, 0.25) is 0 Å². The summed E-state index contributed by atoms with van der Waals surface area (Å²) in [5.74, 6) is 0. The predicted octanol–water partition coefficient (Wildman–Crippen LogP) is -0.328. The van der Waals surface area contributed by atoms with Crippen molar-refractivity contribution in [3.05, 3.63) is 0 Å². The average Bonchev–Trinajstić information content (AvgIpc) is 0. The average molecular weight is 357 g/mol. The molecule has 0 aromatic rings. The van der Waals surface area contributed by atoms with E-state index in [1.165, 1.54) is 0 Å². The molecule has 0 aromatic heterocycles. The molecular formula is H3BiCoMnP. The monoisotopic (exact) mass is 357 g/mol. The van der Waals surface area contributed by atoms with E-state index in [4.69, 9.17) is 0 Å². The van der Waals surface area contributed by atoms with E-state index in [-0.39, 0.29) is 69.9 Å². The third-order valence-electron chi connectivity index (χ3n) is 0. The van der Waals surface area contributed by atoms with Crippen molar-refractivity contribution in [1.29, 1.82) is 0 Å². The molecule has 5 radical (unpaired) electrons. The summed E-state index contributed by atoms with van der Waals surface area (Å²) in [7, 11) is 0. The Morgan fingerprint density at radius 3 is 1.00 bits per heavy atom. The Morgan fingerprint density at radius 2 is 1.00 bits per heavy atom. The van der Waals surface area contributed by atoms with Crippen LogP contribution in [0.2, 0.25) is 0 Å². The molecular weight excluding hydrogens is 354 g/mol. The van der Waals surface area contributed by atoms with E-state index in [0.717, 1.165) is 0 Å². The molecule has 1 atom stereocenters. The van der Waals surface area contributed by atoms with E-state index in [9.17, 15) is 0 Å². The topological polar surface area (TPSA) is 0 Å². The molecule has 0 fully saturated rings. The van der Waals surface area contributed by atoms with Crippen LogP contribution in [0.3, 0.4) is 0 Å². The second-order valence-electron chi connectivity index (χ2n) is 0. The van der Waals surface area contributed by atoms with Crippen LogP contribution >= 0.6 is 9.90 Å². The third kappa shape index (κ3) is 8.84. The summed E-state index contributed by atoms with van der Waals surface area (Å²) < 4.78 is 0. The molecule has 0 heterocycles. The maximum Gasteiger partial charge on any atom is 0 e. The van der Waals surface area contributed by atoms with Gasteiger partial charge in [0.1, 0.15) is 0 Å². The molecule has 0 bridgehead atoms. The van der Waals surface area contributed by atoms with E-state index < -0.39 is 0 Å². The minimum atomic E-state index is 0. The third-order valence-corrected chi connectivity index (χ3v) is 0. The van der Waals surface area contributed by atoms with Gasteiger partial charge in [-0.1, -0.05) is 0 Å². The van der Waals surface area contributed by atoms with Crippen molar-refractivity contribution in [1.82, 2.24) is 0 Å². The minimum Gasteiger partial charge on any atom is -0.153 e. The Bertz CT molecular complexity index is 8.00. The number of hydrogen-bond acceptors (Lipinski definition) is 0. The zero-order valence-electron chi connectivity index (χ0n) is 1.87. The first-order valence-corrected chi connectivity index (χ1v) is 0. The molecule has 0 aliphatic carbocycles. The Kier molecular flexibility index (Phi) is 152. The quantitative estimate of drug-likeness (QED) is 0.412. The van der Waals surface area contributed by atoms with Gasteiger partial charge in [-0.25, -0.2) is 0 Å². The van der Waals surface area contributed by atoms with Gasteiger partial charge in [-0.05, 0) is 0 Å². The molecule has 4 heteroatoms. The van der Waals surface area contributed by atoms with Crippen LogP contribution in [-0.2, 0) is 33.8 Å². The molecule has 0 spiro atoms. The van der Waals surface area contributed by atoms with Gasteiger partial charge in [0, 0.05) is 60.1 Å². The van der Waals surface area contributed by atoms with Crippen molar-refractivity contribution in [2.75, 3.05) is 0 Å². The number of rotatable bonds is 0. The summed E-state index contributed by atoms with van der Waals surface area (Å²) >= 11 is 0. The molecule has 0 amide bonds. The van der Waals surface area contributed by atoms with Crippen molar-refractivity contribution in [3.8, 4) is 0 Å². The number of hydrogen-bond donors (Lipinski definition) is 0. The van der Waals surface area contributed by atoms with Crippen LogP contribution < -0.4 is 0 Å². The van der Waals surface area contributed by atoms with Crippen LogP contribution in [0.4, 0.5) is 0 Å². The van der Waals surface area contributed by atoms with Gasteiger partial charge in [-0.2, -0.15) is 9.90 Å². The standard InChI is InChI=1S/Bi.Co.Mn.H3P/h;;;1H3. The molecule has 0 aliphatic heterocycles. The fourth-order valence-electron chi connectivity index (χ4n) is 0. The van der Waals surface area contributed by atoms with Crippen molar-refractivity contribution < 1.29 is 33.8 Å². The smallest absolute Gasteiger partial charge is 0 e. The summed E-state index contributed by atoms with van der Waals surface area (Å²) in [6.07, 6.45) is 0. The Hall–Kier alpha value is 2.34. The van der Waals surface area contributed by atoms with E-state index in [0.29, 0.717) is 0 Å². The minimum absolute atomic E-state index is 0. The summed E-state index contributed by atoms with van der Waals surface area (Å²) in [5, 5.41) is 0. The maximum absolute atomic E-state index is 0. The van der Waals surface area contributed by atoms with Gasteiger partial charge in [-0.3, -0.25) is 0 Å². The molecule has 1 unspecified atom stereocenters. The van der Waals surface area contributed by atoms with E-state index >= 15 is 0 Å². The van der Waals surface area contributed by atoms with Crippen LogP contribution in [-0.4, -0.2) is 26.2 Å². The maximum atomic E-state index is 0. The van der Waals surface area contributed by atoms with E-state index in [1.54, 1.807) is 0 Å². The van der Waals surface area contributed by atoms with Gasteiger partial charge in [0.25, 0.3) is 0 Å². The SMILES string of the molecule is P.[Bi].[Co].[Mn]. The summed E-state index contributed by atoms with van der Waals surface area (Å²) in [6.45, 7) is 0. The first-order chi connectivity index (χ1) is 0. The van der Waals surface area contributed by atoms with Gasteiger partial charge in [0.05, 0.1) is 0 Å². The first kappa shape index (κ1) is 33.0. The van der Waals surface area contributed by atoms with Crippen molar-refractivity contribution in [2.45, 2.75) is 0 Å². The molecule has 0 saturated carbocycles. The molecule has 0 nitrogen and oxygen atoms in total. The molecule has 29 valence electrons. The van der Waals surface area contributed by atoms with Crippen molar-refractivity contribution in [3.63, 3.8) is 0 Å².